The number of nitrogens with one attached hydrogen (secondary N) is 2. The molecule has 19 heavy (non-hydrogen) atoms. The molecule has 2 N–H and O–H groups in total. The van der Waals surface area contributed by atoms with Gasteiger partial charge in [0.1, 0.15) is 4.90 Å². The van der Waals surface area contributed by atoms with Crippen LogP contribution in [-0.2, 0) is 10.0 Å². The van der Waals surface area contributed by atoms with E-state index in [-0.39, 0.29) is 5.54 Å². The van der Waals surface area contributed by atoms with E-state index >= 15 is 0 Å². The average Bonchev–Trinajstić information content (AvgIpc) is 2.70. The molecule has 1 aromatic rings. The molecule has 0 amide bonds. The van der Waals surface area contributed by atoms with Crippen LogP contribution in [0.25, 0.3) is 0 Å². The maximum absolute atomic E-state index is 12.6. The van der Waals surface area contributed by atoms with Crippen molar-refractivity contribution in [3.05, 3.63) is 11.4 Å². The summed E-state index contributed by atoms with van der Waals surface area (Å²) in [7, 11) is -1.50. The van der Waals surface area contributed by atoms with Crippen LogP contribution >= 0.6 is 0 Å². The molecule has 0 aromatic carbocycles. The van der Waals surface area contributed by atoms with Crippen molar-refractivity contribution in [2.45, 2.75) is 44.0 Å². The summed E-state index contributed by atoms with van der Waals surface area (Å²) in [5, 5.41) is 9.99. The standard InChI is InChI=1S/C12H22N4O2S/c1-9-11(10(2)15-14-9)19(17,18)16-7-5-12(3,13-4)6-8-16/h13H,5-8H2,1-4H3,(H,14,15). The van der Waals surface area contributed by atoms with Gasteiger partial charge in [-0.1, -0.05) is 0 Å². The van der Waals surface area contributed by atoms with Crippen molar-refractivity contribution in [1.82, 2.24) is 19.8 Å². The second kappa shape index (κ2) is 4.88. The predicted molar refractivity (Wildman–Crippen MR) is 73.5 cm³/mol. The zero-order valence-corrected chi connectivity index (χ0v) is 12.8. The summed E-state index contributed by atoms with van der Waals surface area (Å²) in [6.07, 6.45) is 1.64. The van der Waals surface area contributed by atoms with E-state index in [0.717, 1.165) is 12.8 Å². The van der Waals surface area contributed by atoms with Crippen LogP contribution in [0.15, 0.2) is 4.90 Å². The molecule has 0 bridgehead atoms. The first-order valence-corrected chi connectivity index (χ1v) is 7.95. The highest BCUT2D eigenvalue weighted by Crippen LogP contribution is 2.28. The van der Waals surface area contributed by atoms with Crippen molar-refractivity contribution in [1.29, 1.82) is 0 Å². The number of hydrogen-bond donors (Lipinski definition) is 2. The number of aromatic amines is 1. The van der Waals surface area contributed by atoms with Crippen LogP contribution in [0.2, 0.25) is 0 Å². The van der Waals surface area contributed by atoms with E-state index in [1.807, 2.05) is 7.05 Å². The van der Waals surface area contributed by atoms with Gasteiger partial charge in [-0.3, -0.25) is 5.10 Å². The van der Waals surface area contributed by atoms with Gasteiger partial charge in [-0.2, -0.15) is 9.40 Å². The van der Waals surface area contributed by atoms with Crippen LogP contribution in [0.3, 0.4) is 0 Å². The number of hydrogen-bond acceptors (Lipinski definition) is 4. The highest BCUT2D eigenvalue weighted by Gasteiger charge is 2.36. The summed E-state index contributed by atoms with van der Waals surface area (Å²) in [6.45, 7) is 6.69. The minimum Gasteiger partial charge on any atom is -0.314 e. The Morgan fingerprint density at radius 2 is 1.89 bits per heavy atom. The molecule has 2 rings (SSSR count). The summed E-state index contributed by atoms with van der Waals surface area (Å²) >= 11 is 0. The third-order valence-corrected chi connectivity index (χ3v) is 6.25. The summed E-state index contributed by atoms with van der Waals surface area (Å²) in [5.41, 5.74) is 1.19. The average molecular weight is 286 g/mol. The van der Waals surface area contributed by atoms with E-state index in [2.05, 4.69) is 22.4 Å². The first-order chi connectivity index (χ1) is 8.80. The lowest BCUT2D eigenvalue weighted by atomic mass is 9.91. The number of aryl methyl sites for hydroxylation is 2. The lowest BCUT2D eigenvalue weighted by molar-refractivity contribution is 0.219. The van der Waals surface area contributed by atoms with Crippen molar-refractivity contribution in [3.8, 4) is 0 Å². The molecule has 0 saturated carbocycles. The Bertz CT molecular complexity index is 537. The molecule has 0 aliphatic carbocycles. The maximum Gasteiger partial charge on any atom is 0.246 e. The number of rotatable bonds is 3. The summed E-state index contributed by atoms with van der Waals surface area (Å²) in [5.74, 6) is 0. The summed E-state index contributed by atoms with van der Waals surface area (Å²) in [4.78, 5) is 0.334. The molecule has 0 spiro atoms. The molecule has 1 fully saturated rings. The Kier molecular flexibility index (Phi) is 3.72. The van der Waals surface area contributed by atoms with Gasteiger partial charge in [-0.25, -0.2) is 8.42 Å². The van der Waals surface area contributed by atoms with Gasteiger partial charge >= 0.3 is 0 Å². The second-order valence-electron chi connectivity index (χ2n) is 5.48. The van der Waals surface area contributed by atoms with Crippen LogP contribution < -0.4 is 5.32 Å². The van der Waals surface area contributed by atoms with Gasteiger partial charge in [0.2, 0.25) is 10.0 Å². The van der Waals surface area contributed by atoms with E-state index in [0.29, 0.717) is 29.4 Å². The molecule has 1 saturated heterocycles. The Hall–Kier alpha value is -0.920. The van der Waals surface area contributed by atoms with E-state index in [4.69, 9.17) is 0 Å². The van der Waals surface area contributed by atoms with Gasteiger partial charge in [-0.15, -0.1) is 0 Å². The molecule has 2 heterocycles. The molecule has 108 valence electrons. The Balaban J connectivity index is 2.24. The zero-order valence-electron chi connectivity index (χ0n) is 11.9. The lowest BCUT2D eigenvalue weighted by Gasteiger charge is -2.38. The predicted octanol–water partition coefficient (Wildman–Crippen LogP) is 0.789. The minimum absolute atomic E-state index is 0.0342. The van der Waals surface area contributed by atoms with Crippen LogP contribution in [0.1, 0.15) is 31.2 Å². The highest BCUT2D eigenvalue weighted by molar-refractivity contribution is 7.89. The molecule has 1 aliphatic rings. The number of aromatic nitrogens is 2. The van der Waals surface area contributed by atoms with Crippen molar-refractivity contribution < 1.29 is 8.42 Å². The van der Waals surface area contributed by atoms with Crippen LogP contribution in [0, 0.1) is 13.8 Å². The quantitative estimate of drug-likeness (QED) is 0.861. The topological polar surface area (TPSA) is 78.1 Å². The third kappa shape index (κ3) is 2.54. The summed E-state index contributed by atoms with van der Waals surface area (Å²) < 4.78 is 26.8. The maximum atomic E-state index is 12.6. The number of piperidine rings is 1. The van der Waals surface area contributed by atoms with Gasteiger partial charge in [-0.05, 0) is 40.7 Å². The molecule has 0 atom stereocenters. The number of H-pyrrole nitrogens is 1. The number of nitrogens with zero attached hydrogens (tertiary/aromatic N) is 2. The first-order valence-electron chi connectivity index (χ1n) is 6.51. The molecular weight excluding hydrogens is 264 g/mol. The van der Waals surface area contributed by atoms with Gasteiger partial charge in [0.25, 0.3) is 0 Å². The normalized spacial score (nSPS) is 20.6. The summed E-state index contributed by atoms with van der Waals surface area (Å²) in [6, 6.07) is 0. The van der Waals surface area contributed by atoms with E-state index in [1.165, 1.54) is 0 Å². The van der Waals surface area contributed by atoms with Crippen LogP contribution in [-0.4, -0.2) is 48.6 Å². The van der Waals surface area contributed by atoms with Crippen molar-refractivity contribution in [2.75, 3.05) is 20.1 Å². The highest BCUT2D eigenvalue weighted by atomic mass is 32.2. The fourth-order valence-electron chi connectivity index (χ4n) is 2.52. The fourth-order valence-corrected chi connectivity index (χ4v) is 4.29. The van der Waals surface area contributed by atoms with Crippen LogP contribution in [0.5, 0.6) is 0 Å². The fraction of sp³-hybridized carbons (Fsp3) is 0.750. The van der Waals surface area contributed by atoms with Gasteiger partial charge in [0.15, 0.2) is 0 Å². The minimum atomic E-state index is -3.43. The van der Waals surface area contributed by atoms with Crippen molar-refractivity contribution in [3.63, 3.8) is 0 Å². The largest absolute Gasteiger partial charge is 0.314 e. The second-order valence-corrected chi connectivity index (χ2v) is 7.35. The van der Waals surface area contributed by atoms with Crippen LogP contribution in [0.4, 0.5) is 0 Å². The van der Waals surface area contributed by atoms with Gasteiger partial charge < -0.3 is 5.32 Å². The molecule has 0 radical (unpaired) electrons. The molecule has 6 nitrogen and oxygen atoms in total. The third-order valence-electron chi connectivity index (χ3n) is 4.09. The molecular formula is C12H22N4O2S. The molecule has 0 unspecified atom stereocenters. The first kappa shape index (κ1) is 14.5. The molecule has 1 aromatic heterocycles. The Morgan fingerprint density at radius 1 is 1.32 bits per heavy atom. The molecule has 7 heteroatoms. The number of sulfonamides is 1. The zero-order chi connectivity index (χ0) is 14.3. The van der Waals surface area contributed by atoms with Crippen molar-refractivity contribution >= 4 is 10.0 Å². The van der Waals surface area contributed by atoms with Gasteiger partial charge in [0, 0.05) is 18.6 Å². The smallest absolute Gasteiger partial charge is 0.246 e. The van der Waals surface area contributed by atoms with E-state index < -0.39 is 10.0 Å². The van der Waals surface area contributed by atoms with Gasteiger partial charge in [0.05, 0.1) is 11.4 Å². The SMILES string of the molecule is CNC1(C)CCN(S(=O)(=O)c2c(C)n[nH]c2C)CC1. The van der Waals surface area contributed by atoms with Crippen molar-refractivity contribution in [2.24, 2.45) is 0 Å². The van der Waals surface area contributed by atoms with E-state index in [1.54, 1.807) is 18.2 Å². The Morgan fingerprint density at radius 3 is 2.32 bits per heavy atom. The van der Waals surface area contributed by atoms with E-state index in [9.17, 15) is 8.42 Å². The monoisotopic (exact) mass is 286 g/mol. The molecule has 1 aliphatic heterocycles. The Labute approximate surface area is 114 Å². The lowest BCUT2D eigenvalue weighted by Crippen LogP contribution is -2.51.